The van der Waals surface area contributed by atoms with E-state index in [1.165, 1.54) is 13.0 Å². The number of rotatable bonds is 7. The van der Waals surface area contributed by atoms with Crippen molar-refractivity contribution in [3.63, 3.8) is 0 Å². The molecule has 0 aromatic heterocycles. The van der Waals surface area contributed by atoms with Gasteiger partial charge in [0.1, 0.15) is 5.60 Å². The first kappa shape index (κ1) is 16.4. The van der Waals surface area contributed by atoms with Crippen LogP contribution in [-0.4, -0.2) is 34.5 Å². The Balaban J connectivity index is 2.51. The molecule has 0 amide bonds. The quantitative estimate of drug-likeness (QED) is 0.590. The highest BCUT2D eigenvalue weighted by Crippen LogP contribution is 2.17. The van der Waals surface area contributed by atoms with Gasteiger partial charge in [0.25, 0.3) is 0 Å². The predicted molar refractivity (Wildman–Crippen MR) is 77.2 cm³/mol. The molecule has 1 aromatic carbocycles. The maximum atomic E-state index is 11.2. The molecule has 0 unspecified atom stereocenters. The second-order valence-electron chi connectivity index (χ2n) is 4.85. The van der Waals surface area contributed by atoms with Crippen LogP contribution in [0.2, 0.25) is 0 Å². The Morgan fingerprint density at radius 1 is 1.40 bits per heavy atom. The predicted octanol–water partition coefficient (Wildman–Crippen LogP) is 1.85. The Bertz CT molecular complexity index is 437. The molecule has 2 atom stereocenters. The maximum absolute atomic E-state index is 11.2. The molecule has 20 heavy (non-hydrogen) atoms. The standard InChI is InChI=1S/C16H22O4/c1-3-20-15(18)11-12-16(2,19)14(17)10-9-13-7-5-4-6-8-13/h4-8,11-12,14,17,19H,3,9-10H2,1-2H3/b12-11+/t14-,16+/m1/s1. The lowest BCUT2D eigenvalue weighted by molar-refractivity contribution is -0.137. The molecule has 0 heterocycles. The lowest BCUT2D eigenvalue weighted by Crippen LogP contribution is -2.37. The van der Waals surface area contributed by atoms with Crippen LogP contribution < -0.4 is 0 Å². The van der Waals surface area contributed by atoms with Crippen LogP contribution in [0.3, 0.4) is 0 Å². The van der Waals surface area contributed by atoms with E-state index in [2.05, 4.69) is 0 Å². The summed E-state index contributed by atoms with van der Waals surface area (Å²) in [7, 11) is 0. The fourth-order valence-electron chi connectivity index (χ4n) is 1.78. The molecule has 1 rings (SSSR count). The van der Waals surface area contributed by atoms with Gasteiger partial charge in [0, 0.05) is 6.08 Å². The van der Waals surface area contributed by atoms with Gasteiger partial charge in [-0.15, -0.1) is 0 Å². The lowest BCUT2D eigenvalue weighted by atomic mass is 9.93. The second-order valence-corrected chi connectivity index (χ2v) is 4.85. The Labute approximate surface area is 119 Å². The third-order valence-electron chi connectivity index (χ3n) is 3.07. The van der Waals surface area contributed by atoms with E-state index in [1.807, 2.05) is 30.3 Å². The van der Waals surface area contributed by atoms with Gasteiger partial charge < -0.3 is 14.9 Å². The van der Waals surface area contributed by atoms with E-state index in [4.69, 9.17) is 4.74 Å². The van der Waals surface area contributed by atoms with E-state index in [-0.39, 0.29) is 6.61 Å². The van der Waals surface area contributed by atoms with Crippen LogP contribution in [0.15, 0.2) is 42.5 Å². The molecule has 0 fully saturated rings. The van der Waals surface area contributed by atoms with Crippen LogP contribution in [-0.2, 0) is 16.0 Å². The lowest BCUT2D eigenvalue weighted by Gasteiger charge is -2.25. The number of hydrogen-bond donors (Lipinski definition) is 2. The molecular weight excluding hydrogens is 256 g/mol. The number of hydrogen-bond acceptors (Lipinski definition) is 4. The summed E-state index contributed by atoms with van der Waals surface area (Å²) in [6, 6.07) is 9.73. The average Bonchev–Trinajstić information content (AvgIpc) is 2.44. The van der Waals surface area contributed by atoms with E-state index in [0.29, 0.717) is 12.8 Å². The summed E-state index contributed by atoms with van der Waals surface area (Å²) in [5.41, 5.74) is -0.363. The highest BCUT2D eigenvalue weighted by Gasteiger charge is 2.27. The fourth-order valence-corrected chi connectivity index (χ4v) is 1.78. The van der Waals surface area contributed by atoms with E-state index in [0.717, 1.165) is 11.6 Å². The van der Waals surface area contributed by atoms with Gasteiger partial charge in [0.15, 0.2) is 0 Å². The van der Waals surface area contributed by atoms with Crippen LogP contribution in [0.4, 0.5) is 0 Å². The first-order valence-corrected chi connectivity index (χ1v) is 6.76. The molecule has 0 aliphatic heterocycles. The Morgan fingerprint density at radius 2 is 2.05 bits per heavy atom. The molecule has 0 spiro atoms. The summed E-state index contributed by atoms with van der Waals surface area (Å²) >= 11 is 0. The zero-order valence-electron chi connectivity index (χ0n) is 12.0. The van der Waals surface area contributed by atoms with Crippen molar-refractivity contribution in [3.05, 3.63) is 48.0 Å². The van der Waals surface area contributed by atoms with Gasteiger partial charge in [-0.05, 0) is 38.3 Å². The smallest absolute Gasteiger partial charge is 0.330 e. The van der Waals surface area contributed by atoms with Crippen molar-refractivity contribution in [2.45, 2.75) is 38.4 Å². The van der Waals surface area contributed by atoms with Gasteiger partial charge in [-0.25, -0.2) is 4.79 Å². The molecular formula is C16H22O4. The zero-order chi connectivity index (χ0) is 15.0. The van der Waals surface area contributed by atoms with Gasteiger partial charge in [-0.3, -0.25) is 0 Å². The first-order chi connectivity index (χ1) is 9.45. The first-order valence-electron chi connectivity index (χ1n) is 6.76. The number of ether oxygens (including phenoxy) is 1. The van der Waals surface area contributed by atoms with E-state index in [9.17, 15) is 15.0 Å². The number of carbonyl (C=O) groups is 1. The van der Waals surface area contributed by atoms with Crippen molar-refractivity contribution >= 4 is 5.97 Å². The van der Waals surface area contributed by atoms with Crippen LogP contribution in [0, 0.1) is 0 Å². The van der Waals surface area contributed by atoms with Gasteiger partial charge >= 0.3 is 5.97 Å². The van der Waals surface area contributed by atoms with Crippen molar-refractivity contribution in [2.24, 2.45) is 0 Å². The minimum Gasteiger partial charge on any atom is -0.463 e. The van der Waals surface area contributed by atoms with Crippen LogP contribution >= 0.6 is 0 Å². The van der Waals surface area contributed by atoms with Crippen molar-refractivity contribution in [3.8, 4) is 0 Å². The number of aliphatic hydroxyl groups excluding tert-OH is 1. The highest BCUT2D eigenvalue weighted by molar-refractivity contribution is 5.82. The van der Waals surface area contributed by atoms with E-state index in [1.54, 1.807) is 6.92 Å². The monoisotopic (exact) mass is 278 g/mol. The number of benzene rings is 1. The summed E-state index contributed by atoms with van der Waals surface area (Å²) in [6.07, 6.45) is 2.54. The molecule has 0 aliphatic rings. The molecule has 4 heteroatoms. The molecule has 0 saturated heterocycles. The Morgan fingerprint density at radius 3 is 2.65 bits per heavy atom. The molecule has 0 bridgehead atoms. The number of aliphatic hydroxyl groups is 2. The Hall–Kier alpha value is -1.65. The normalized spacial score (nSPS) is 15.8. The zero-order valence-corrected chi connectivity index (χ0v) is 12.0. The average molecular weight is 278 g/mol. The third kappa shape index (κ3) is 5.55. The third-order valence-corrected chi connectivity index (χ3v) is 3.07. The molecule has 0 saturated carbocycles. The van der Waals surface area contributed by atoms with Crippen LogP contribution in [0.5, 0.6) is 0 Å². The van der Waals surface area contributed by atoms with Crippen molar-refractivity contribution in [2.75, 3.05) is 6.61 Å². The second kappa shape index (κ2) is 7.82. The summed E-state index contributed by atoms with van der Waals surface area (Å²) < 4.78 is 4.73. The van der Waals surface area contributed by atoms with Gasteiger partial charge in [0.05, 0.1) is 12.7 Å². The summed E-state index contributed by atoms with van der Waals surface area (Å²) in [4.78, 5) is 11.2. The van der Waals surface area contributed by atoms with Crippen molar-refractivity contribution in [1.29, 1.82) is 0 Å². The van der Waals surface area contributed by atoms with Gasteiger partial charge in [-0.1, -0.05) is 30.3 Å². The Kier molecular flexibility index (Phi) is 6.42. The topological polar surface area (TPSA) is 66.8 Å². The molecule has 1 aromatic rings. The molecule has 0 aliphatic carbocycles. The molecule has 4 nitrogen and oxygen atoms in total. The molecule has 0 radical (unpaired) electrons. The van der Waals surface area contributed by atoms with Gasteiger partial charge in [-0.2, -0.15) is 0 Å². The highest BCUT2D eigenvalue weighted by atomic mass is 16.5. The SMILES string of the molecule is CCOC(=O)/C=C/[C@](C)(O)[C@H](O)CCc1ccccc1. The van der Waals surface area contributed by atoms with Crippen molar-refractivity contribution < 1.29 is 19.7 Å². The number of aryl methyl sites for hydroxylation is 1. The summed E-state index contributed by atoms with van der Waals surface area (Å²) in [5.74, 6) is -0.525. The number of esters is 1. The minimum absolute atomic E-state index is 0.280. The van der Waals surface area contributed by atoms with E-state index < -0.39 is 17.7 Å². The molecule has 110 valence electrons. The summed E-state index contributed by atoms with van der Waals surface area (Å²) in [6.45, 7) is 3.46. The van der Waals surface area contributed by atoms with Crippen LogP contribution in [0.1, 0.15) is 25.8 Å². The maximum Gasteiger partial charge on any atom is 0.330 e. The molecule has 2 N–H and O–H groups in total. The van der Waals surface area contributed by atoms with E-state index >= 15 is 0 Å². The van der Waals surface area contributed by atoms with Gasteiger partial charge in [0.2, 0.25) is 0 Å². The largest absolute Gasteiger partial charge is 0.463 e. The number of carbonyl (C=O) groups excluding carboxylic acids is 1. The van der Waals surface area contributed by atoms with Crippen LogP contribution in [0.25, 0.3) is 0 Å². The minimum atomic E-state index is -1.46. The fraction of sp³-hybridized carbons (Fsp3) is 0.438. The summed E-state index contributed by atoms with van der Waals surface area (Å²) in [5, 5.41) is 20.2. The van der Waals surface area contributed by atoms with Crippen molar-refractivity contribution in [1.82, 2.24) is 0 Å².